The van der Waals surface area contributed by atoms with Crippen LogP contribution in [0, 0.1) is 0 Å². The van der Waals surface area contributed by atoms with E-state index in [1.165, 1.54) is 12.0 Å². The number of hydrogen-bond donors (Lipinski definition) is 1. The molecule has 1 aliphatic heterocycles. The molecule has 5 heteroatoms. The lowest BCUT2D eigenvalue weighted by Crippen LogP contribution is -2.50. The maximum absolute atomic E-state index is 6.60. The zero-order valence-electron chi connectivity index (χ0n) is 13.6. The van der Waals surface area contributed by atoms with Gasteiger partial charge in [0.2, 0.25) is 0 Å². The average Bonchev–Trinajstić information content (AvgIpc) is 2.88. The second kappa shape index (κ2) is 6.89. The smallest absolute Gasteiger partial charge is 0.165 e. The van der Waals surface area contributed by atoms with Gasteiger partial charge in [-0.1, -0.05) is 35.7 Å². The van der Waals surface area contributed by atoms with Crippen molar-refractivity contribution in [3.05, 3.63) is 33.8 Å². The van der Waals surface area contributed by atoms with Gasteiger partial charge >= 0.3 is 0 Å². The Morgan fingerprint density at radius 1 is 1.17 bits per heavy atom. The number of halogens is 2. The largest absolute Gasteiger partial charge is 0.348 e. The molecule has 1 aliphatic carbocycles. The second-order valence-corrected chi connectivity index (χ2v) is 7.78. The molecule has 0 spiro atoms. The molecular weight excluding hydrogens is 333 g/mol. The first-order valence-corrected chi connectivity index (χ1v) is 9.20. The number of benzene rings is 1. The molecule has 0 amide bonds. The third-order valence-electron chi connectivity index (χ3n) is 5.49. The summed E-state index contributed by atoms with van der Waals surface area (Å²) in [5.74, 6) is -0.421. The van der Waals surface area contributed by atoms with Crippen LogP contribution in [-0.2, 0) is 14.9 Å². The summed E-state index contributed by atoms with van der Waals surface area (Å²) in [5, 5.41) is 1.21. The molecule has 128 valence electrons. The summed E-state index contributed by atoms with van der Waals surface area (Å²) in [7, 11) is 0. The summed E-state index contributed by atoms with van der Waals surface area (Å²) in [4.78, 5) is 0. The van der Waals surface area contributed by atoms with E-state index in [0.717, 1.165) is 32.1 Å². The summed E-state index contributed by atoms with van der Waals surface area (Å²) in [5.41, 5.74) is 7.88. The molecule has 1 heterocycles. The monoisotopic (exact) mass is 357 g/mol. The molecule has 1 atom stereocenters. The zero-order valence-corrected chi connectivity index (χ0v) is 15.1. The highest BCUT2D eigenvalue weighted by Crippen LogP contribution is 2.48. The summed E-state index contributed by atoms with van der Waals surface area (Å²) < 4.78 is 11.3. The van der Waals surface area contributed by atoms with Crippen LogP contribution in [-0.4, -0.2) is 25.0 Å². The van der Waals surface area contributed by atoms with Gasteiger partial charge in [-0.25, -0.2) is 0 Å². The van der Waals surface area contributed by atoms with Crippen LogP contribution in [0.5, 0.6) is 0 Å². The van der Waals surface area contributed by atoms with Gasteiger partial charge in [-0.3, -0.25) is 0 Å². The molecule has 3 rings (SSSR count). The Labute approximate surface area is 148 Å². The number of nitrogens with two attached hydrogens (primary N) is 1. The van der Waals surface area contributed by atoms with Crippen molar-refractivity contribution in [3.8, 4) is 0 Å². The van der Waals surface area contributed by atoms with Crippen molar-refractivity contribution in [1.82, 2.24) is 0 Å². The third-order valence-corrected chi connectivity index (χ3v) is 6.23. The van der Waals surface area contributed by atoms with E-state index in [1.807, 2.05) is 19.1 Å². The Morgan fingerprint density at radius 2 is 1.87 bits per heavy atom. The molecule has 2 aliphatic rings. The fourth-order valence-electron chi connectivity index (χ4n) is 3.86. The van der Waals surface area contributed by atoms with Crippen molar-refractivity contribution in [2.24, 2.45) is 5.73 Å². The molecule has 0 radical (unpaired) electrons. The van der Waals surface area contributed by atoms with Gasteiger partial charge in [0.1, 0.15) is 0 Å². The quantitative estimate of drug-likeness (QED) is 0.803. The lowest BCUT2D eigenvalue weighted by atomic mass is 9.59. The van der Waals surface area contributed by atoms with E-state index >= 15 is 0 Å². The van der Waals surface area contributed by atoms with Gasteiger partial charge in [0, 0.05) is 17.9 Å². The standard InChI is InChI=1S/C18H25Cl2NO2/c1-17(22-10-11-23-17)7-2-4-16(21)18(8-3-9-18)13-5-6-14(19)15(20)12-13/h5-6,12,16H,2-4,7-11,21H2,1H3. The predicted molar refractivity (Wildman–Crippen MR) is 94.1 cm³/mol. The van der Waals surface area contributed by atoms with E-state index in [1.54, 1.807) is 0 Å². The van der Waals surface area contributed by atoms with Crippen LogP contribution in [0.2, 0.25) is 10.0 Å². The minimum Gasteiger partial charge on any atom is -0.348 e. The topological polar surface area (TPSA) is 44.5 Å². The average molecular weight is 358 g/mol. The van der Waals surface area contributed by atoms with Gasteiger partial charge in [-0.2, -0.15) is 0 Å². The van der Waals surface area contributed by atoms with E-state index in [0.29, 0.717) is 23.3 Å². The summed E-state index contributed by atoms with van der Waals surface area (Å²) in [6.45, 7) is 3.40. The van der Waals surface area contributed by atoms with Crippen LogP contribution in [0.1, 0.15) is 51.0 Å². The van der Waals surface area contributed by atoms with Crippen LogP contribution < -0.4 is 5.73 Å². The van der Waals surface area contributed by atoms with Crippen molar-refractivity contribution >= 4 is 23.2 Å². The Hall–Kier alpha value is -0.320. The third kappa shape index (κ3) is 3.54. The minimum absolute atomic E-state index is 0.0481. The normalized spacial score (nSPS) is 23.5. The van der Waals surface area contributed by atoms with Crippen LogP contribution in [0.4, 0.5) is 0 Å². The Morgan fingerprint density at radius 3 is 2.43 bits per heavy atom. The summed E-state index contributed by atoms with van der Waals surface area (Å²) in [6.07, 6.45) is 6.31. The maximum Gasteiger partial charge on any atom is 0.165 e. The molecule has 2 N–H and O–H groups in total. The van der Waals surface area contributed by atoms with E-state index in [9.17, 15) is 0 Å². The first-order valence-electron chi connectivity index (χ1n) is 8.44. The first kappa shape index (κ1) is 17.5. The van der Waals surface area contributed by atoms with Gasteiger partial charge in [0.15, 0.2) is 5.79 Å². The molecule has 1 aromatic carbocycles. The lowest BCUT2D eigenvalue weighted by Gasteiger charge is -2.47. The SMILES string of the molecule is CC1(CCCC(N)C2(c3ccc(Cl)c(Cl)c3)CCC2)OCCO1. The molecule has 2 fully saturated rings. The molecule has 1 saturated carbocycles. The van der Waals surface area contributed by atoms with Crippen molar-refractivity contribution in [2.45, 2.75) is 62.7 Å². The highest BCUT2D eigenvalue weighted by molar-refractivity contribution is 6.42. The first-order chi connectivity index (χ1) is 11.0. The number of hydrogen-bond acceptors (Lipinski definition) is 3. The van der Waals surface area contributed by atoms with E-state index in [-0.39, 0.29) is 11.5 Å². The highest BCUT2D eigenvalue weighted by Gasteiger charge is 2.44. The second-order valence-electron chi connectivity index (χ2n) is 6.97. The molecule has 0 bridgehead atoms. The van der Waals surface area contributed by atoms with Crippen LogP contribution in [0.15, 0.2) is 18.2 Å². The van der Waals surface area contributed by atoms with Gasteiger partial charge in [0.05, 0.1) is 23.3 Å². The Balaban J connectivity index is 1.63. The van der Waals surface area contributed by atoms with Crippen LogP contribution >= 0.6 is 23.2 Å². The van der Waals surface area contributed by atoms with Crippen molar-refractivity contribution in [1.29, 1.82) is 0 Å². The number of ether oxygens (including phenoxy) is 2. The fraction of sp³-hybridized carbons (Fsp3) is 0.667. The maximum atomic E-state index is 6.60. The molecular formula is C18H25Cl2NO2. The molecule has 1 aromatic rings. The van der Waals surface area contributed by atoms with Gasteiger partial charge < -0.3 is 15.2 Å². The highest BCUT2D eigenvalue weighted by atomic mass is 35.5. The van der Waals surface area contributed by atoms with Crippen molar-refractivity contribution in [2.75, 3.05) is 13.2 Å². The summed E-state index contributed by atoms with van der Waals surface area (Å²) in [6, 6.07) is 6.08. The van der Waals surface area contributed by atoms with Crippen molar-refractivity contribution < 1.29 is 9.47 Å². The zero-order chi connectivity index (χ0) is 16.5. The predicted octanol–water partition coefficient (Wildman–Crippen LogP) is 4.68. The number of rotatable bonds is 6. The van der Waals surface area contributed by atoms with Crippen molar-refractivity contribution in [3.63, 3.8) is 0 Å². The van der Waals surface area contributed by atoms with Gasteiger partial charge in [-0.05, 0) is 50.3 Å². The Bertz CT molecular complexity index is 554. The van der Waals surface area contributed by atoms with E-state index in [4.69, 9.17) is 38.4 Å². The van der Waals surface area contributed by atoms with E-state index < -0.39 is 5.79 Å². The van der Waals surface area contributed by atoms with E-state index in [2.05, 4.69) is 6.07 Å². The molecule has 1 unspecified atom stereocenters. The van der Waals surface area contributed by atoms with Crippen LogP contribution in [0.3, 0.4) is 0 Å². The van der Waals surface area contributed by atoms with Crippen LogP contribution in [0.25, 0.3) is 0 Å². The molecule has 23 heavy (non-hydrogen) atoms. The van der Waals surface area contributed by atoms with Gasteiger partial charge in [-0.15, -0.1) is 0 Å². The molecule has 3 nitrogen and oxygen atoms in total. The molecule has 0 aromatic heterocycles. The molecule has 1 saturated heterocycles. The summed E-state index contributed by atoms with van der Waals surface area (Å²) >= 11 is 12.3. The fourth-order valence-corrected chi connectivity index (χ4v) is 4.16. The Kier molecular flexibility index (Phi) is 5.24. The minimum atomic E-state index is -0.421. The lowest BCUT2D eigenvalue weighted by molar-refractivity contribution is -0.147. The van der Waals surface area contributed by atoms with Gasteiger partial charge in [0.25, 0.3) is 0 Å².